The van der Waals surface area contributed by atoms with Gasteiger partial charge in [0.05, 0.1) is 6.04 Å². The zero-order valence-corrected chi connectivity index (χ0v) is 10.9. The summed E-state index contributed by atoms with van der Waals surface area (Å²) in [5.74, 6) is 0.138. The second kappa shape index (κ2) is 4.84. The predicted octanol–water partition coefficient (Wildman–Crippen LogP) is 3.04. The molecular weight excluding hydrogens is 236 g/mol. The minimum atomic E-state index is 0.0339. The van der Waals surface area contributed by atoms with Crippen molar-refractivity contribution >= 4 is 5.91 Å². The van der Waals surface area contributed by atoms with E-state index in [4.69, 9.17) is 0 Å². The number of pyridine rings is 1. The van der Waals surface area contributed by atoms with E-state index >= 15 is 0 Å². The van der Waals surface area contributed by atoms with Gasteiger partial charge in [0.1, 0.15) is 0 Å². The molecule has 1 aliphatic heterocycles. The Morgan fingerprint density at radius 1 is 1.16 bits per heavy atom. The topological polar surface area (TPSA) is 33.2 Å². The van der Waals surface area contributed by atoms with Crippen LogP contribution in [0.3, 0.4) is 0 Å². The molecular formula is C16H16N2O. The molecule has 0 radical (unpaired) electrons. The molecule has 0 fully saturated rings. The highest BCUT2D eigenvalue weighted by atomic mass is 16.2. The van der Waals surface area contributed by atoms with Crippen molar-refractivity contribution in [3.8, 4) is 0 Å². The first-order valence-corrected chi connectivity index (χ1v) is 6.62. The number of hydrogen-bond acceptors (Lipinski definition) is 2. The van der Waals surface area contributed by atoms with Gasteiger partial charge in [0.2, 0.25) is 0 Å². The van der Waals surface area contributed by atoms with Crippen LogP contribution in [0.4, 0.5) is 0 Å². The number of nitrogens with zero attached hydrogens (tertiary/aromatic N) is 2. The molecule has 2 aromatic rings. The van der Waals surface area contributed by atoms with Crippen LogP contribution in [0.5, 0.6) is 0 Å². The van der Waals surface area contributed by atoms with Crippen LogP contribution in [0.1, 0.15) is 40.9 Å². The van der Waals surface area contributed by atoms with Crippen molar-refractivity contribution in [3.05, 3.63) is 65.5 Å². The smallest absolute Gasteiger partial charge is 0.255 e. The second-order valence-electron chi connectivity index (χ2n) is 4.77. The van der Waals surface area contributed by atoms with Gasteiger partial charge in [-0.15, -0.1) is 0 Å². The first kappa shape index (κ1) is 11.9. The molecule has 0 N–H and O–H groups in total. The van der Waals surface area contributed by atoms with Gasteiger partial charge < -0.3 is 4.90 Å². The van der Waals surface area contributed by atoms with Gasteiger partial charge in [0.25, 0.3) is 5.91 Å². The Labute approximate surface area is 112 Å². The van der Waals surface area contributed by atoms with Gasteiger partial charge in [-0.3, -0.25) is 9.78 Å². The average Bonchev–Trinajstić information content (AvgIpc) is 2.74. The molecule has 2 heterocycles. The third-order valence-corrected chi connectivity index (χ3v) is 3.54. The maximum absolute atomic E-state index is 12.5. The minimum absolute atomic E-state index is 0.0339. The van der Waals surface area contributed by atoms with Gasteiger partial charge in [-0.25, -0.2) is 0 Å². The molecule has 3 nitrogen and oxygen atoms in total. The summed E-state index contributed by atoms with van der Waals surface area (Å²) in [6.07, 6.45) is 4.52. The number of rotatable bonds is 3. The highest BCUT2D eigenvalue weighted by Crippen LogP contribution is 2.37. The van der Waals surface area contributed by atoms with Gasteiger partial charge in [-0.05, 0) is 35.7 Å². The Morgan fingerprint density at radius 2 is 1.89 bits per heavy atom. The summed E-state index contributed by atoms with van der Waals surface area (Å²) < 4.78 is 0. The van der Waals surface area contributed by atoms with Gasteiger partial charge in [-0.2, -0.15) is 0 Å². The number of aromatic nitrogens is 1. The first-order chi connectivity index (χ1) is 9.33. The summed E-state index contributed by atoms with van der Waals surface area (Å²) >= 11 is 0. The molecule has 19 heavy (non-hydrogen) atoms. The van der Waals surface area contributed by atoms with Crippen LogP contribution in [0.2, 0.25) is 0 Å². The number of amides is 1. The van der Waals surface area contributed by atoms with Crippen LogP contribution >= 0.6 is 0 Å². The van der Waals surface area contributed by atoms with Gasteiger partial charge >= 0.3 is 0 Å². The normalized spacial score (nSPS) is 17.6. The molecule has 0 unspecified atom stereocenters. The molecule has 1 amide bonds. The molecule has 3 rings (SSSR count). The molecule has 1 atom stereocenters. The SMILES string of the molecule is CCCN1C(=O)c2ccccc2[C@@H]1c1ccncc1. The van der Waals surface area contributed by atoms with E-state index in [-0.39, 0.29) is 11.9 Å². The van der Waals surface area contributed by atoms with Gasteiger partial charge in [0, 0.05) is 24.5 Å². The third-order valence-electron chi connectivity index (χ3n) is 3.54. The van der Waals surface area contributed by atoms with Crippen molar-refractivity contribution in [2.24, 2.45) is 0 Å². The molecule has 1 aromatic heterocycles. The zero-order chi connectivity index (χ0) is 13.2. The minimum Gasteiger partial charge on any atom is -0.327 e. The largest absolute Gasteiger partial charge is 0.327 e. The summed E-state index contributed by atoms with van der Waals surface area (Å²) in [6, 6.07) is 11.9. The lowest BCUT2D eigenvalue weighted by molar-refractivity contribution is 0.0749. The molecule has 1 aliphatic rings. The van der Waals surface area contributed by atoms with E-state index in [1.165, 1.54) is 0 Å². The van der Waals surface area contributed by atoms with Crippen LogP contribution in [0.15, 0.2) is 48.8 Å². The molecule has 1 aromatic carbocycles. The summed E-state index contributed by atoms with van der Waals surface area (Å²) in [5.41, 5.74) is 3.06. The lowest BCUT2D eigenvalue weighted by Gasteiger charge is -2.25. The van der Waals surface area contributed by atoms with E-state index in [0.29, 0.717) is 0 Å². The summed E-state index contributed by atoms with van der Waals surface area (Å²) in [6.45, 7) is 2.88. The lowest BCUT2D eigenvalue weighted by atomic mass is 9.99. The van der Waals surface area contributed by atoms with Crippen LogP contribution in [0, 0.1) is 0 Å². The maximum Gasteiger partial charge on any atom is 0.255 e. The molecule has 0 saturated heterocycles. The van der Waals surface area contributed by atoms with Crippen molar-refractivity contribution in [1.29, 1.82) is 0 Å². The van der Waals surface area contributed by atoms with E-state index in [2.05, 4.69) is 11.9 Å². The van der Waals surface area contributed by atoms with E-state index < -0.39 is 0 Å². The fraction of sp³-hybridized carbons (Fsp3) is 0.250. The fourth-order valence-electron chi connectivity index (χ4n) is 2.75. The van der Waals surface area contributed by atoms with Crippen LogP contribution in [0.25, 0.3) is 0 Å². The monoisotopic (exact) mass is 252 g/mol. The highest BCUT2D eigenvalue weighted by molar-refractivity contribution is 5.99. The maximum atomic E-state index is 12.5. The van der Waals surface area contributed by atoms with E-state index in [9.17, 15) is 4.79 Å². The zero-order valence-electron chi connectivity index (χ0n) is 10.9. The Kier molecular flexibility index (Phi) is 3.03. The molecule has 3 heteroatoms. The first-order valence-electron chi connectivity index (χ1n) is 6.62. The Bertz CT molecular complexity index is 595. The average molecular weight is 252 g/mol. The molecule has 0 bridgehead atoms. The van der Waals surface area contributed by atoms with E-state index in [1.54, 1.807) is 12.4 Å². The van der Waals surface area contributed by atoms with Crippen molar-refractivity contribution < 1.29 is 4.79 Å². The van der Waals surface area contributed by atoms with Gasteiger partial charge in [0.15, 0.2) is 0 Å². The van der Waals surface area contributed by atoms with Crippen molar-refractivity contribution in [3.63, 3.8) is 0 Å². The Hall–Kier alpha value is -2.16. The molecule has 0 spiro atoms. The second-order valence-corrected chi connectivity index (χ2v) is 4.77. The summed E-state index contributed by atoms with van der Waals surface area (Å²) in [7, 11) is 0. The van der Waals surface area contributed by atoms with Crippen molar-refractivity contribution in [1.82, 2.24) is 9.88 Å². The standard InChI is InChI=1S/C16H16N2O/c1-2-11-18-15(12-7-9-17-10-8-12)13-5-3-4-6-14(13)16(18)19/h3-10,15H,2,11H2,1H3/t15-/m0/s1. The van der Waals surface area contributed by atoms with Crippen LogP contribution in [-0.4, -0.2) is 22.3 Å². The number of hydrogen-bond donors (Lipinski definition) is 0. The molecule has 0 aliphatic carbocycles. The number of fused-ring (bicyclic) bond motifs is 1. The van der Waals surface area contributed by atoms with E-state index in [0.717, 1.165) is 29.7 Å². The number of carbonyl (C=O) groups excluding carboxylic acids is 1. The number of benzene rings is 1. The quantitative estimate of drug-likeness (QED) is 0.841. The Balaban J connectivity index is 2.11. The van der Waals surface area contributed by atoms with Crippen LogP contribution in [-0.2, 0) is 0 Å². The fourth-order valence-corrected chi connectivity index (χ4v) is 2.75. The molecule has 0 saturated carbocycles. The summed E-state index contributed by atoms with van der Waals surface area (Å²) in [4.78, 5) is 18.5. The molecule has 96 valence electrons. The van der Waals surface area contributed by atoms with Crippen molar-refractivity contribution in [2.45, 2.75) is 19.4 Å². The van der Waals surface area contributed by atoms with Crippen molar-refractivity contribution in [2.75, 3.05) is 6.54 Å². The van der Waals surface area contributed by atoms with E-state index in [1.807, 2.05) is 41.3 Å². The highest BCUT2D eigenvalue weighted by Gasteiger charge is 2.36. The number of carbonyl (C=O) groups is 1. The lowest BCUT2D eigenvalue weighted by Crippen LogP contribution is -2.29. The summed E-state index contributed by atoms with van der Waals surface area (Å²) in [5, 5.41) is 0. The van der Waals surface area contributed by atoms with Crippen LogP contribution < -0.4 is 0 Å². The Morgan fingerprint density at radius 3 is 2.63 bits per heavy atom. The predicted molar refractivity (Wildman–Crippen MR) is 73.8 cm³/mol. The van der Waals surface area contributed by atoms with Gasteiger partial charge in [-0.1, -0.05) is 25.1 Å². The third kappa shape index (κ3) is 1.91.